The van der Waals surface area contributed by atoms with Gasteiger partial charge in [0.05, 0.1) is 5.69 Å². The van der Waals surface area contributed by atoms with Gasteiger partial charge in [0.15, 0.2) is 0 Å². The van der Waals surface area contributed by atoms with Gasteiger partial charge in [-0.3, -0.25) is 4.79 Å². The molecule has 4 heteroatoms. The molecule has 0 aliphatic rings. The summed E-state index contributed by atoms with van der Waals surface area (Å²) in [6.07, 6.45) is 1.34. The summed E-state index contributed by atoms with van der Waals surface area (Å²) in [5.41, 5.74) is 9.41. The minimum absolute atomic E-state index is 0.355. The minimum Gasteiger partial charge on any atom is -0.382 e. The first-order chi connectivity index (χ1) is 8.70. The van der Waals surface area contributed by atoms with Gasteiger partial charge in [-0.15, -0.1) is 0 Å². The van der Waals surface area contributed by atoms with E-state index in [1.165, 1.54) is 5.56 Å². The molecule has 4 nitrogen and oxygen atoms in total. The van der Waals surface area contributed by atoms with Gasteiger partial charge < -0.3 is 11.1 Å². The molecule has 0 aliphatic heterocycles. The van der Waals surface area contributed by atoms with E-state index >= 15 is 0 Å². The number of carbonyl (C=O) groups excluding carboxylic acids is 1. The third-order valence-corrected chi connectivity index (χ3v) is 2.73. The molecule has 0 aliphatic carbocycles. The smallest absolute Gasteiger partial charge is 0.211 e. The predicted octanol–water partition coefficient (Wildman–Crippen LogP) is 2.13. The molecule has 0 radical (unpaired) electrons. The molecule has 2 aromatic rings. The van der Waals surface area contributed by atoms with Crippen molar-refractivity contribution >= 4 is 17.9 Å². The molecule has 0 bridgehead atoms. The number of hydrogen-bond donors (Lipinski definition) is 2. The van der Waals surface area contributed by atoms with Crippen LogP contribution in [-0.2, 0) is 11.2 Å². The second kappa shape index (κ2) is 5.31. The van der Waals surface area contributed by atoms with E-state index in [2.05, 4.69) is 10.3 Å². The molecule has 0 saturated carbocycles. The Kier molecular flexibility index (Phi) is 3.57. The Hall–Kier alpha value is -2.36. The molecule has 1 heterocycles. The van der Waals surface area contributed by atoms with Crippen molar-refractivity contribution in [2.45, 2.75) is 13.3 Å². The first kappa shape index (κ1) is 12.1. The van der Waals surface area contributed by atoms with E-state index in [1.54, 1.807) is 0 Å². The van der Waals surface area contributed by atoms with Crippen molar-refractivity contribution in [2.24, 2.45) is 0 Å². The maximum absolute atomic E-state index is 10.5. The lowest BCUT2D eigenvalue weighted by atomic mass is 10.1. The first-order valence-corrected chi connectivity index (χ1v) is 5.71. The number of carbonyl (C=O) groups is 1. The summed E-state index contributed by atoms with van der Waals surface area (Å²) in [6, 6.07) is 12.0. The lowest BCUT2D eigenvalue weighted by Gasteiger charge is -2.10. The van der Waals surface area contributed by atoms with Crippen LogP contribution in [-0.4, -0.2) is 11.4 Å². The zero-order chi connectivity index (χ0) is 13.0. The van der Waals surface area contributed by atoms with Crippen LogP contribution in [0.4, 0.5) is 11.5 Å². The van der Waals surface area contributed by atoms with Crippen LogP contribution in [0, 0.1) is 6.92 Å². The van der Waals surface area contributed by atoms with Gasteiger partial charge in [0, 0.05) is 12.1 Å². The van der Waals surface area contributed by atoms with Gasteiger partial charge in [0.25, 0.3) is 0 Å². The van der Waals surface area contributed by atoms with Crippen LogP contribution >= 0.6 is 0 Å². The van der Waals surface area contributed by atoms with Gasteiger partial charge in [-0.2, -0.15) is 0 Å². The topological polar surface area (TPSA) is 68.0 Å². The Morgan fingerprint density at radius 2 is 2.06 bits per heavy atom. The monoisotopic (exact) mass is 241 g/mol. The number of nitrogens with zero attached hydrogens (tertiary/aromatic N) is 1. The largest absolute Gasteiger partial charge is 0.382 e. The molecule has 0 saturated heterocycles. The highest BCUT2D eigenvalue weighted by Gasteiger charge is 2.07. The Bertz CT molecular complexity index is 529. The zero-order valence-electron chi connectivity index (χ0n) is 10.2. The Balaban J connectivity index is 2.28. The van der Waals surface area contributed by atoms with E-state index < -0.39 is 0 Å². The number of anilines is 2. The quantitative estimate of drug-likeness (QED) is 0.806. The van der Waals surface area contributed by atoms with Crippen LogP contribution in [0.25, 0.3) is 0 Å². The average Bonchev–Trinajstić information content (AvgIpc) is 2.35. The number of pyridine rings is 1. The maximum atomic E-state index is 10.5. The highest BCUT2D eigenvalue weighted by Crippen LogP contribution is 2.22. The molecule has 2 rings (SSSR count). The van der Waals surface area contributed by atoms with Crippen molar-refractivity contribution in [3.63, 3.8) is 0 Å². The van der Waals surface area contributed by atoms with E-state index in [-0.39, 0.29) is 0 Å². The van der Waals surface area contributed by atoms with Crippen molar-refractivity contribution < 1.29 is 4.79 Å². The SMILES string of the molecule is Cc1cc(Cc2ccccc2)nc(N)c1NC=O. The second-order valence-electron chi connectivity index (χ2n) is 4.12. The number of aromatic nitrogens is 1. The molecule has 18 heavy (non-hydrogen) atoms. The summed E-state index contributed by atoms with van der Waals surface area (Å²) in [7, 11) is 0. The lowest BCUT2D eigenvalue weighted by Crippen LogP contribution is -2.06. The van der Waals surface area contributed by atoms with Crippen LogP contribution in [0.2, 0.25) is 0 Å². The number of benzene rings is 1. The molecule has 1 amide bonds. The highest BCUT2D eigenvalue weighted by molar-refractivity contribution is 5.80. The lowest BCUT2D eigenvalue weighted by molar-refractivity contribution is -0.105. The van der Waals surface area contributed by atoms with Crippen molar-refractivity contribution in [1.82, 2.24) is 4.98 Å². The fraction of sp³-hybridized carbons (Fsp3) is 0.143. The van der Waals surface area contributed by atoms with Crippen LogP contribution < -0.4 is 11.1 Å². The Labute approximate surface area is 106 Å². The molecular formula is C14H15N3O. The normalized spacial score (nSPS) is 10.1. The molecule has 0 atom stereocenters. The van der Waals surface area contributed by atoms with Gasteiger partial charge in [-0.1, -0.05) is 30.3 Å². The summed E-state index contributed by atoms with van der Waals surface area (Å²) in [6.45, 7) is 1.90. The zero-order valence-corrected chi connectivity index (χ0v) is 10.2. The number of nitrogen functional groups attached to an aromatic ring is 1. The number of nitrogens with one attached hydrogen (secondary N) is 1. The maximum Gasteiger partial charge on any atom is 0.211 e. The van der Waals surface area contributed by atoms with Gasteiger partial charge in [0.1, 0.15) is 5.82 Å². The van der Waals surface area contributed by atoms with Gasteiger partial charge in [-0.25, -0.2) is 4.98 Å². The fourth-order valence-corrected chi connectivity index (χ4v) is 1.91. The van der Waals surface area contributed by atoms with Crippen LogP contribution in [0.1, 0.15) is 16.8 Å². The number of rotatable bonds is 4. The van der Waals surface area contributed by atoms with E-state index in [4.69, 9.17) is 5.73 Å². The van der Waals surface area contributed by atoms with E-state index in [0.29, 0.717) is 17.9 Å². The summed E-state index contributed by atoms with van der Waals surface area (Å²) in [4.78, 5) is 14.8. The summed E-state index contributed by atoms with van der Waals surface area (Å²) in [5.74, 6) is 0.355. The van der Waals surface area contributed by atoms with Crippen molar-refractivity contribution in [1.29, 1.82) is 0 Å². The van der Waals surface area contributed by atoms with Gasteiger partial charge >= 0.3 is 0 Å². The third-order valence-electron chi connectivity index (χ3n) is 2.73. The average molecular weight is 241 g/mol. The molecule has 1 aromatic carbocycles. The van der Waals surface area contributed by atoms with E-state index in [1.807, 2.05) is 43.3 Å². The minimum atomic E-state index is 0.355. The standard InChI is InChI=1S/C14H15N3O/c1-10-7-12(8-11-5-3-2-4-6-11)17-14(15)13(10)16-9-18/h2-7,9H,8H2,1H3,(H2,15,17)(H,16,18). The molecule has 0 spiro atoms. The van der Waals surface area contributed by atoms with Gasteiger partial charge in [0.2, 0.25) is 6.41 Å². The second-order valence-corrected chi connectivity index (χ2v) is 4.12. The molecule has 0 unspecified atom stereocenters. The van der Waals surface area contributed by atoms with Crippen molar-refractivity contribution in [3.05, 3.63) is 53.2 Å². The molecular weight excluding hydrogens is 226 g/mol. The molecule has 0 fully saturated rings. The van der Waals surface area contributed by atoms with Crippen LogP contribution in [0.3, 0.4) is 0 Å². The molecule has 3 N–H and O–H groups in total. The molecule has 1 aromatic heterocycles. The van der Waals surface area contributed by atoms with E-state index in [0.717, 1.165) is 17.7 Å². The summed E-state index contributed by atoms with van der Waals surface area (Å²) in [5, 5.41) is 2.57. The summed E-state index contributed by atoms with van der Waals surface area (Å²) < 4.78 is 0. The first-order valence-electron chi connectivity index (χ1n) is 5.71. The van der Waals surface area contributed by atoms with Crippen LogP contribution in [0.5, 0.6) is 0 Å². The number of amides is 1. The Morgan fingerprint density at radius 3 is 2.67 bits per heavy atom. The number of hydrogen-bond acceptors (Lipinski definition) is 3. The highest BCUT2D eigenvalue weighted by atomic mass is 16.1. The fourth-order valence-electron chi connectivity index (χ4n) is 1.91. The number of nitrogens with two attached hydrogens (primary N) is 1. The Morgan fingerprint density at radius 1 is 1.33 bits per heavy atom. The predicted molar refractivity (Wildman–Crippen MR) is 72.3 cm³/mol. The van der Waals surface area contributed by atoms with E-state index in [9.17, 15) is 4.79 Å². The third kappa shape index (κ3) is 2.66. The summed E-state index contributed by atoms with van der Waals surface area (Å²) >= 11 is 0. The number of aryl methyl sites for hydroxylation is 1. The van der Waals surface area contributed by atoms with Crippen LogP contribution in [0.15, 0.2) is 36.4 Å². The van der Waals surface area contributed by atoms with Crippen molar-refractivity contribution in [2.75, 3.05) is 11.1 Å². The van der Waals surface area contributed by atoms with Gasteiger partial charge in [-0.05, 0) is 24.1 Å². The molecule has 92 valence electrons. The van der Waals surface area contributed by atoms with Crippen molar-refractivity contribution in [3.8, 4) is 0 Å².